The van der Waals surface area contributed by atoms with E-state index >= 15 is 0 Å². The third-order valence-corrected chi connectivity index (χ3v) is 4.73. The Hall–Kier alpha value is -2.46. The minimum absolute atomic E-state index is 0.0766. The predicted octanol–water partition coefficient (Wildman–Crippen LogP) is 3.97. The van der Waals surface area contributed by atoms with Crippen LogP contribution < -0.4 is 5.49 Å². The zero-order chi connectivity index (χ0) is 16.8. The number of benzene rings is 1. The number of rotatable bonds is 5. The monoisotopic (exact) mass is 336 g/mol. The number of pyridine rings is 1. The average molecular weight is 336 g/mol. The molecule has 0 radical (unpaired) electrons. The van der Waals surface area contributed by atoms with Gasteiger partial charge in [-0.25, -0.2) is 0 Å². The Balaban J connectivity index is 1.75. The Bertz CT molecular complexity index is 861. The summed E-state index contributed by atoms with van der Waals surface area (Å²) in [7, 11) is 0. The molecule has 0 fully saturated rings. The van der Waals surface area contributed by atoms with Gasteiger partial charge in [0.25, 0.3) is 0 Å². The van der Waals surface area contributed by atoms with Gasteiger partial charge in [0, 0.05) is 24.0 Å². The Labute approximate surface area is 145 Å². The molecule has 0 saturated carbocycles. The Morgan fingerprint density at radius 3 is 2.67 bits per heavy atom. The number of nitrogens with zero attached hydrogens (tertiary/aromatic N) is 2. The van der Waals surface area contributed by atoms with E-state index in [1.165, 1.54) is 16.0 Å². The molecule has 1 aromatic carbocycles. The van der Waals surface area contributed by atoms with Gasteiger partial charge in [-0.1, -0.05) is 42.0 Å². The van der Waals surface area contributed by atoms with Crippen LogP contribution in [-0.4, -0.2) is 10.5 Å². The zero-order valence-electron chi connectivity index (χ0n) is 13.7. The number of amides is 1. The van der Waals surface area contributed by atoms with E-state index in [4.69, 9.17) is 0 Å². The van der Waals surface area contributed by atoms with Crippen LogP contribution in [0.15, 0.2) is 71.2 Å². The Kier molecular flexibility index (Phi) is 5.39. The van der Waals surface area contributed by atoms with Crippen LogP contribution in [0.3, 0.4) is 0 Å². The Morgan fingerprint density at radius 2 is 1.92 bits per heavy atom. The van der Waals surface area contributed by atoms with E-state index in [-0.39, 0.29) is 5.91 Å². The van der Waals surface area contributed by atoms with E-state index in [1.807, 2.05) is 40.4 Å². The largest absolute Gasteiger partial charge is 0.329 e. The summed E-state index contributed by atoms with van der Waals surface area (Å²) in [5.74, 6) is -0.0766. The summed E-state index contributed by atoms with van der Waals surface area (Å²) in [4.78, 5) is 17.7. The minimum atomic E-state index is -0.0766. The summed E-state index contributed by atoms with van der Waals surface area (Å²) in [6, 6.07) is 18.2. The molecule has 2 aromatic heterocycles. The number of aromatic nitrogens is 1. The van der Waals surface area contributed by atoms with Crippen LogP contribution in [-0.2, 0) is 17.8 Å². The van der Waals surface area contributed by atoms with E-state index in [0.29, 0.717) is 18.5 Å². The molecule has 0 unspecified atom stereocenters. The van der Waals surface area contributed by atoms with Gasteiger partial charge in [0.2, 0.25) is 5.91 Å². The first-order valence-electron chi connectivity index (χ1n) is 8.02. The lowest BCUT2D eigenvalue weighted by Crippen LogP contribution is -2.22. The van der Waals surface area contributed by atoms with Crippen molar-refractivity contribution >= 4 is 17.2 Å². The van der Waals surface area contributed by atoms with E-state index < -0.39 is 0 Å². The van der Waals surface area contributed by atoms with Crippen LogP contribution in [0.25, 0.3) is 0 Å². The molecule has 0 N–H and O–H groups in total. The van der Waals surface area contributed by atoms with Crippen molar-refractivity contribution < 1.29 is 4.79 Å². The number of carbonyl (C=O) groups excluding carboxylic acids is 1. The van der Waals surface area contributed by atoms with Crippen LogP contribution in [0, 0.1) is 6.92 Å². The maximum Gasteiger partial charge on any atom is 0.247 e. The second-order valence-corrected chi connectivity index (χ2v) is 6.79. The van der Waals surface area contributed by atoms with Crippen molar-refractivity contribution in [3.63, 3.8) is 0 Å². The molecule has 3 nitrogen and oxygen atoms in total. The van der Waals surface area contributed by atoms with Gasteiger partial charge in [-0.3, -0.25) is 4.79 Å². The molecule has 1 amide bonds. The van der Waals surface area contributed by atoms with E-state index in [0.717, 1.165) is 6.42 Å². The van der Waals surface area contributed by atoms with Gasteiger partial charge in [0.15, 0.2) is 0 Å². The molecule has 0 saturated heterocycles. The third kappa shape index (κ3) is 4.52. The summed E-state index contributed by atoms with van der Waals surface area (Å²) in [5.41, 5.74) is 3.14. The van der Waals surface area contributed by atoms with Gasteiger partial charge in [-0.15, -0.1) is 11.3 Å². The molecule has 0 bridgehead atoms. The first-order valence-corrected chi connectivity index (χ1v) is 8.89. The lowest BCUT2D eigenvalue weighted by molar-refractivity contribution is -0.118. The molecule has 4 heteroatoms. The van der Waals surface area contributed by atoms with Crippen LogP contribution in [0.5, 0.6) is 0 Å². The summed E-state index contributed by atoms with van der Waals surface area (Å²) < 4.78 is 2.01. The van der Waals surface area contributed by atoms with Crippen LogP contribution >= 0.6 is 11.3 Å². The van der Waals surface area contributed by atoms with E-state index in [2.05, 4.69) is 42.2 Å². The first-order chi connectivity index (χ1) is 11.7. The van der Waals surface area contributed by atoms with Crippen LogP contribution in [0.2, 0.25) is 0 Å². The third-order valence-electron chi connectivity index (χ3n) is 3.79. The summed E-state index contributed by atoms with van der Waals surface area (Å²) >= 11 is 1.68. The fourth-order valence-electron chi connectivity index (χ4n) is 2.46. The minimum Gasteiger partial charge on any atom is -0.329 e. The van der Waals surface area contributed by atoms with Crippen molar-refractivity contribution in [2.24, 2.45) is 4.99 Å². The highest BCUT2D eigenvalue weighted by Crippen LogP contribution is 2.11. The second kappa shape index (κ2) is 7.88. The van der Waals surface area contributed by atoms with Gasteiger partial charge in [-0.05, 0) is 42.5 Å². The quantitative estimate of drug-likeness (QED) is 0.694. The van der Waals surface area contributed by atoms with Crippen molar-refractivity contribution in [2.45, 2.75) is 26.3 Å². The molecule has 0 aliphatic heterocycles. The molecule has 2 heterocycles. The molecular formula is C20H20N2OS. The van der Waals surface area contributed by atoms with Gasteiger partial charge in [0.05, 0.1) is 0 Å². The molecule has 0 atom stereocenters. The molecule has 3 aromatic rings. The predicted molar refractivity (Wildman–Crippen MR) is 97.9 cm³/mol. The van der Waals surface area contributed by atoms with Crippen molar-refractivity contribution in [1.82, 2.24) is 4.57 Å². The Morgan fingerprint density at radius 1 is 1.08 bits per heavy atom. The van der Waals surface area contributed by atoms with E-state index in [9.17, 15) is 4.79 Å². The number of aryl methyl sites for hydroxylation is 2. The van der Waals surface area contributed by atoms with Crippen LogP contribution in [0.1, 0.15) is 22.4 Å². The SMILES string of the molecule is Cc1ccc(Cn2ccccc2=NC(=O)CCc2cccs2)cc1. The normalized spacial score (nSPS) is 11.6. The maximum absolute atomic E-state index is 12.2. The topological polar surface area (TPSA) is 34.4 Å². The average Bonchev–Trinajstić information content (AvgIpc) is 3.10. The highest BCUT2D eigenvalue weighted by Gasteiger charge is 2.03. The number of thiophene rings is 1. The van der Waals surface area contributed by atoms with Gasteiger partial charge in [0.1, 0.15) is 5.49 Å². The first kappa shape index (κ1) is 16.4. The molecule has 3 rings (SSSR count). The lowest BCUT2D eigenvalue weighted by atomic mass is 10.1. The highest BCUT2D eigenvalue weighted by molar-refractivity contribution is 7.09. The smallest absolute Gasteiger partial charge is 0.247 e. The fourth-order valence-corrected chi connectivity index (χ4v) is 3.17. The van der Waals surface area contributed by atoms with Gasteiger partial charge >= 0.3 is 0 Å². The summed E-state index contributed by atoms with van der Waals surface area (Å²) in [6.07, 6.45) is 3.16. The zero-order valence-corrected chi connectivity index (χ0v) is 14.5. The standard InChI is InChI=1S/C20H20N2OS/c1-16-7-9-17(10-8-16)15-22-13-3-2-6-19(22)21-20(23)12-11-18-5-4-14-24-18/h2-10,13-14H,11-12,15H2,1H3. The molecule has 122 valence electrons. The van der Waals surface area contributed by atoms with Crippen LogP contribution in [0.4, 0.5) is 0 Å². The number of hydrogen-bond donors (Lipinski definition) is 0. The molecule has 0 aliphatic carbocycles. The summed E-state index contributed by atoms with van der Waals surface area (Å²) in [6.45, 7) is 2.78. The fraction of sp³-hybridized carbons (Fsp3) is 0.200. The molecule has 0 aliphatic rings. The lowest BCUT2D eigenvalue weighted by Gasteiger charge is -2.07. The second-order valence-electron chi connectivity index (χ2n) is 5.76. The van der Waals surface area contributed by atoms with E-state index in [1.54, 1.807) is 11.3 Å². The van der Waals surface area contributed by atoms with Gasteiger partial charge in [-0.2, -0.15) is 4.99 Å². The highest BCUT2D eigenvalue weighted by atomic mass is 32.1. The van der Waals surface area contributed by atoms with Crippen molar-refractivity contribution in [1.29, 1.82) is 0 Å². The molecule has 24 heavy (non-hydrogen) atoms. The van der Waals surface area contributed by atoms with Crippen molar-refractivity contribution in [3.05, 3.63) is 87.7 Å². The molecular weight excluding hydrogens is 316 g/mol. The summed E-state index contributed by atoms with van der Waals surface area (Å²) in [5, 5.41) is 2.03. The van der Waals surface area contributed by atoms with Crippen molar-refractivity contribution in [3.8, 4) is 0 Å². The molecule has 0 spiro atoms. The number of hydrogen-bond acceptors (Lipinski definition) is 2. The maximum atomic E-state index is 12.2. The number of carbonyl (C=O) groups is 1. The van der Waals surface area contributed by atoms with Gasteiger partial charge < -0.3 is 4.57 Å². The van der Waals surface area contributed by atoms with Crippen molar-refractivity contribution in [2.75, 3.05) is 0 Å².